The predicted molar refractivity (Wildman–Crippen MR) is 124 cm³/mol. The molecule has 0 aliphatic carbocycles. The molecular weight excluding hydrogens is 416 g/mol. The summed E-state index contributed by atoms with van der Waals surface area (Å²) in [6.45, 7) is 2.90. The monoisotopic (exact) mass is 440 g/mol. The van der Waals surface area contributed by atoms with Gasteiger partial charge in [-0.3, -0.25) is 0 Å². The molecule has 0 saturated heterocycles. The van der Waals surface area contributed by atoms with Crippen molar-refractivity contribution in [1.29, 1.82) is 10.5 Å². The Morgan fingerprint density at radius 2 is 1.76 bits per heavy atom. The normalized spacial score (nSPS) is 17.2. The van der Waals surface area contributed by atoms with Gasteiger partial charge >= 0.3 is 0 Å². The average molecular weight is 441 g/mol. The summed E-state index contributed by atoms with van der Waals surface area (Å²) in [6.07, 6.45) is 2.06. The highest BCUT2D eigenvalue weighted by Gasteiger charge is 2.39. The fourth-order valence-corrected chi connectivity index (χ4v) is 4.41. The number of allylic oxidation sites excluding steroid dienone is 2. The lowest BCUT2D eigenvalue weighted by atomic mass is 9.78. The van der Waals surface area contributed by atoms with Crippen molar-refractivity contribution in [3.05, 3.63) is 76.1 Å². The van der Waals surface area contributed by atoms with Gasteiger partial charge in [-0.05, 0) is 36.6 Å². The highest BCUT2D eigenvalue weighted by molar-refractivity contribution is 5.82. The van der Waals surface area contributed by atoms with Crippen LogP contribution in [0, 0.1) is 22.7 Å². The van der Waals surface area contributed by atoms with Crippen molar-refractivity contribution in [2.75, 3.05) is 27.4 Å². The Hall–Kier alpha value is -4.23. The van der Waals surface area contributed by atoms with E-state index in [1.165, 1.54) is 6.40 Å². The topological polar surface area (TPSA) is 90.9 Å². The first-order chi connectivity index (χ1) is 16.2. The van der Waals surface area contributed by atoms with Crippen LogP contribution in [-0.4, -0.2) is 38.7 Å². The SMILES string of the molecule is CCO/C=N/C1=C(C#N)C(c2ccccc2)C(C#N)=C2c3cc(OC)c(OC)cc3CCN12. The molecule has 0 bridgehead atoms. The van der Waals surface area contributed by atoms with Crippen molar-refractivity contribution in [2.45, 2.75) is 19.3 Å². The highest BCUT2D eigenvalue weighted by Crippen LogP contribution is 2.48. The number of rotatable bonds is 6. The van der Waals surface area contributed by atoms with Gasteiger partial charge < -0.3 is 19.1 Å². The molecule has 0 N–H and O–H groups in total. The molecule has 1 unspecified atom stereocenters. The van der Waals surface area contributed by atoms with E-state index >= 15 is 0 Å². The number of fused-ring (bicyclic) bond motifs is 3. The van der Waals surface area contributed by atoms with Gasteiger partial charge in [0.15, 0.2) is 23.7 Å². The summed E-state index contributed by atoms with van der Waals surface area (Å²) in [5.41, 5.74) is 4.43. The van der Waals surface area contributed by atoms with Crippen molar-refractivity contribution in [1.82, 2.24) is 4.90 Å². The molecular formula is C26H24N4O3. The lowest BCUT2D eigenvalue weighted by molar-refractivity contribution is 0.340. The fourth-order valence-electron chi connectivity index (χ4n) is 4.41. The number of ether oxygens (including phenoxy) is 3. The molecule has 4 rings (SSSR count). The summed E-state index contributed by atoms with van der Waals surface area (Å²) in [4.78, 5) is 6.48. The Balaban J connectivity index is 2.02. The molecule has 2 aliphatic rings. The Bertz CT molecular complexity index is 1230. The summed E-state index contributed by atoms with van der Waals surface area (Å²) >= 11 is 0. The molecule has 33 heavy (non-hydrogen) atoms. The Labute approximate surface area is 193 Å². The van der Waals surface area contributed by atoms with Crippen molar-refractivity contribution in [2.24, 2.45) is 4.99 Å². The van der Waals surface area contributed by atoms with Gasteiger partial charge in [0.1, 0.15) is 0 Å². The van der Waals surface area contributed by atoms with Crippen LogP contribution in [0.2, 0.25) is 0 Å². The molecule has 166 valence electrons. The van der Waals surface area contributed by atoms with Crippen LogP contribution < -0.4 is 9.47 Å². The third kappa shape index (κ3) is 3.79. The molecule has 0 aromatic heterocycles. The van der Waals surface area contributed by atoms with E-state index in [-0.39, 0.29) is 0 Å². The number of nitriles is 2. The summed E-state index contributed by atoms with van der Waals surface area (Å²) in [6, 6.07) is 18.2. The van der Waals surface area contributed by atoms with Gasteiger partial charge in [-0.1, -0.05) is 30.3 Å². The van der Waals surface area contributed by atoms with Crippen LogP contribution in [-0.2, 0) is 11.2 Å². The van der Waals surface area contributed by atoms with E-state index < -0.39 is 5.92 Å². The van der Waals surface area contributed by atoms with E-state index in [9.17, 15) is 10.5 Å². The second kappa shape index (κ2) is 9.50. The van der Waals surface area contributed by atoms with Gasteiger partial charge in [-0.25, -0.2) is 4.99 Å². The minimum absolute atomic E-state index is 0.418. The average Bonchev–Trinajstić information content (AvgIpc) is 2.87. The van der Waals surface area contributed by atoms with Crippen molar-refractivity contribution < 1.29 is 14.2 Å². The molecule has 0 saturated carbocycles. The summed E-state index contributed by atoms with van der Waals surface area (Å²) in [5.74, 6) is 1.17. The van der Waals surface area contributed by atoms with E-state index in [1.54, 1.807) is 14.2 Å². The van der Waals surface area contributed by atoms with Crippen LogP contribution in [0.1, 0.15) is 29.5 Å². The second-order valence-corrected chi connectivity index (χ2v) is 7.52. The third-order valence-electron chi connectivity index (χ3n) is 5.86. The zero-order valence-electron chi connectivity index (χ0n) is 18.8. The number of hydrogen-bond acceptors (Lipinski definition) is 7. The first-order valence-corrected chi connectivity index (χ1v) is 10.7. The maximum absolute atomic E-state index is 10.3. The van der Waals surface area contributed by atoms with Crippen molar-refractivity contribution in [3.63, 3.8) is 0 Å². The number of benzene rings is 2. The third-order valence-corrected chi connectivity index (χ3v) is 5.86. The molecule has 0 amide bonds. The second-order valence-electron chi connectivity index (χ2n) is 7.52. The van der Waals surface area contributed by atoms with Gasteiger partial charge in [0, 0.05) is 12.1 Å². The van der Waals surface area contributed by atoms with E-state index in [0.717, 1.165) is 22.4 Å². The van der Waals surface area contributed by atoms with Crippen LogP contribution in [0.5, 0.6) is 11.5 Å². The van der Waals surface area contributed by atoms with Crippen molar-refractivity contribution >= 4 is 12.1 Å². The standard InChI is InChI=1S/C26H24N4O3/c1-4-33-16-29-26-21(15-28)24(17-8-6-5-7-9-17)20(14-27)25-19-13-23(32-3)22(31-2)12-18(19)10-11-30(25)26/h5-9,12-13,16,24H,4,10-11H2,1-3H3/b29-16+. The lowest BCUT2D eigenvalue weighted by Gasteiger charge is -2.39. The first-order valence-electron chi connectivity index (χ1n) is 10.7. The number of methoxy groups -OCH3 is 2. The van der Waals surface area contributed by atoms with Crippen LogP contribution in [0.25, 0.3) is 5.70 Å². The molecule has 0 fully saturated rings. The zero-order chi connectivity index (χ0) is 23.4. The van der Waals surface area contributed by atoms with Crippen LogP contribution in [0.15, 0.2) is 64.4 Å². The Morgan fingerprint density at radius 1 is 1.06 bits per heavy atom. The smallest absolute Gasteiger partial charge is 0.176 e. The molecule has 2 aromatic rings. The molecule has 1 atom stereocenters. The minimum atomic E-state index is -0.541. The molecule has 0 spiro atoms. The minimum Gasteiger partial charge on any atom is -0.493 e. The summed E-state index contributed by atoms with van der Waals surface area (Å²) in [5, 5.41) is 20.5. The maximum atomic E-state index is 10.3. The number of hydrogen-bond donors (Lipinski definition) is 0. The molecule has 7 heteroatoms. The van der Waals surface area contributed by atoms with E-state index in [2.05, 4.69) is 17.1 Å². The Morgan fingerprint density at radius 3 is 2.39 bits per heavy atom. The molecule has 2 aliphatic heterocycles. The number of nitrogens with zero attached hydrogens (tertiary/aromatic N) is 4. The van der Waals surface area contributed by atoms with Crippen LogP contribution in [0.3, 0.4) is 0 Å². The molecule has 2 heterocycles. The van der Waals surface area contributed by atoms with Crippen LogP contribution >= 0.6 is 0 Å². The molecule has 0 radical (unpaired) electrons. The van der Waals surface area contributed by atoms with Crippen LogP contribution in [0.4, 0.5) is 0 Å². The van der Waals surface area contributed by atoms with Gasteiger partial charge in [0.25, 0.3) is 0 Å². The van der Waals surface area contributed by atoms with Gasteiger partial charge in [-0.15, -0.1) is 0 Å². The fraction of sp³-hybridized carbons (Fsp3) is 0.269. The maximum Gasteiger partial charge on any atom is 0.176 e. The van der Waals surface area contributed by atoms with E-state index in [1.807, 2.05) is 54.3 Å². The van der Waals surface area contributed by atoms with Crippen molar-refractivity contribution in [3.8, 4) is 23.6 Å². The predicted octanol–water partition coefficient (Wildman–Crippen LogP) is 4.39. The lowest BCUT2D eigenvalue weighted by Crippen LogP contribution is -2.35. The Kier molecular flexibility index (Phi) is 6.33. The van der Waals surface area contributed by atoms with E-state index in [0.29, 0.717) is 48.0 Å². The van der Waals surface area contributed by atoms with E-state index in [4.69, 9.17) is 14.2 Å². The quantitative estimate of drug-likeness (QED) is 0.489. The molecule has 2 aromatic carbocycles. The largest absolute Gasteiger partial charge is 0.493 e. The van der Waals surface area contributed by atoms with Gasteiger partial charge in [-0.2, -0.15) is 10.5 Å². The summed E-state index contributed by atoms with van der Waals surface area (Å²) < 4.78 is 16.4. The highest BCUT2D eigenvalue weighted by atomic mass is 16.5. The van der Waals surface area contributed by atoms with Gasteiger partial charge in [0.05, 0.1) is 55.7 Å². The number of aliphatic imine (C=N–C) groups is 1. The first kappa shape index (κ1) is 22.0. The summed E-state index contributed by atoms with van der Waals surface area (Å²) in [7, 11) is 3.19. The molecule has 7 nitrogen and oxygen atoms in total. The van der Waals surface area contributed by atoms with Gasteiger partial charge in [0.2, 0.25) is 0 Å². The zero-order valence-corrected chi connectivity index (χ0v) is 18.8.